The monoisotopic (exact) mass is 841 g/mol. The molecule has 0 heterocycles. The minimum absolute atomic E-state index is 0.0794. The van der Waals surface area contributed by atoms with Crippen LogP contribution in [-0.4, -0.2) is 37.9 Å². The lowest BCUT2D eigenvalue weighted by atomic mass is 10.1. The fourth-order valence-corrected chi connectivity index (χ4v) is 7.39. The molecule has 0 aromatic carbocycles. The summed E-state index contributed by atoms with van der Waals surface area (Å²) in [5.41, 5.74) is 0. The van der Waals surface area contributed by atoms with Crippen molar-refractivity contribution in [3.63, 3.8) is 0 Å². The number of carbonyl (C=O) groups excluding carboxylic acids is 2. The first-order chi connectivity index (χ1) is 29.6. The van der Waals surface area contributed by atoms with E-state index >= 15 is 0 Å². The molecule has 0 aliphatic heterocycles. The summed E-state index contributed by atoms with van der Waals surface area (Å²) in [5.74, 6) is -0.411. The van der Waals surface area contributed by atoms with E-state index in [-0.39, 0.29) is 25.2 Å². The summed E-state index contributed by atoms with van der Waals surface area (Å²) in [7, 11) is 0. The molecule has 350 valence electrons. The number of ether oxygens (including phenoxy) is 3. The van der Waals surface area contributed by atoms with Gasteiger partial charge in [0.15, 0.2) is 6.10 Å². The molecule has 0 rings (SSSR count). The first-order valence-electron chi connectivity index (χ1n) is 26.2. The quantitative estimate of drug-likeness (QED) is 0.0347. The summed E-state index contributed by atoms with van der Waals surface area (Å²) < 4.78 is 17.3. The van der Waals surface area contributed by atoms with Gasteiger partial charge in [0.25, 0.3) is 0 Å². The van der Waals surface area contributed by atoms with Crippen LogP contribution in [0.5, 0.6) is 0 Å². The largest absolute Gasteiger partial charge is 0.462 e. The third kappa shape index (κ3) is 48.5. The van der Waals surface area contributed by atoms with Crippen molar-refractivity contribution in [2.45, 2.75) is 271 Å². The molecule has 0 spiro atoms. The number of allylic oxidation sites excluding steroid dienone is 8. The maximum atomic E-state index is 12.7. The van der Waals surface area contributed by atoms with Gasteiger partial charge in [-0.25, -0.2) is 0 Å². The van der Waals surface area contributed by atoms with Crippen LogP contribution in [0.2, 0.25) is 0 Å². The van der Waals surface area contributed by atoms with E-state index < -0.39 is 6.10 Å². The lowest BCUT2D eigenvalue weighted by Gasteiger charge is -2.18. The minimum Gasteiger partial charge on any atom is -0.462 e. The molecule has 0 saturated carbocycles. The Hall–Kier alpha value is -2.14. The van der Waals surface area contributed by atoms with Gasteiger partial charge < -0.3 is 14.2 Å². The molecule has 0 aliphatic carbocycles. The molecule has 0 aliphatic rings. The average molecular weight is 841 g/mol. The van der Waals surface area contributed by atoms with Crippen molar-refractivity contribution in [2.75, 3.05) is 19.8 Å². The van der Waals surface area contributed by atoms with Gasteiger partial charge in [-0.15, -0.1) is 0 Å². The maximum Gasteiger partial charge on any atom is 0.306 e. The van der Waals surface area contributed by atoms with E-state index in [9.17, 15) is 9.59 Å². The van der Waals surface area contributed by atoms with Gasteiger partial charge in [0, 0.05) is 19.4 Å². The summed E-state index contributed by atoms with van der Waals surface area (Å²) >= 11 is 0. The second kappa shape index (κ2) is 51.2. The van der Waals surface area contributed by atoms with Gasteiger partial charge >= 0.3 is 11.9 Å². The van der Waals surface area contributed by atoms with Crippen molar-refractivity contribution in [1.29, 1.82) is 0 Å². The van der Waals surface area contributed by atoms with Crippen LogP contribution in [-0.2, 0) is 23.8 Å². The van der Waals surface area contributed by atoms with Crippen LogP contribution in [0, 0.1) is 0 Å². The van der Waals surface area contributed by atoms with E-state index in [1.54, 1.807) is 0 Å². The zero-order valence-corrected chi connectivity index (χ0v) is 40.2. The highest BCUT2D eigenvalue weighted by atomic mass is 16.6. The van der Waals surface area contributed by atoms with E-state index in [2.05, 4.69) is 69.4 Å². The van der Waals surface area contributed by atoms with Crippen molar-refractivity contribution >= 4 is 11.9 Å². The molecule has 0 aromatic heterocycles. The van der Waals surface area contributed by atoms with Crippen molar-refractivity contribution in [3.05, 3.63) is 48.6 Å². The molecule has 0 aromatic rings. The van der Waals surface area contributed by atoms with Gasteiger partial charge in [0.05, 0.1) is 6.61 Å². The predicted octanol–water partition coefficient (Wildman–Crippen LogP) is 17.6. The Morgan fingerprint density at radius 3 is 1.17 bits per heavy atom. The summed E-state index contributed by atoms with van der Waals surface area (Å²) in [6.07, 6.45) is 62.7. The zero-order valence-electron chi connectivity index (χ0n) is 40.2. The van der Waals surface area contributed by atoms with Gasteiger partial charge in [-0.2, -0.15) is 0 Å². The van der Waals surface area contributed by atoms with Crippen LogP contribution in [0.25, 0.3) is 0 Å². The van der Waals surface area contributed by atoms with Gasteiger partial charge in [0.1, 0.15) is 6.61 Å². The Labute approximate surface area is 373 Å². The molecule has 5 nitrogen and oxygen atoms in total. The highest BCUT2D eigenvalue weighted by molar-refractivity contribution is 5.70. The third-order valence-corrected chi connectivity index (χ3v) is 11.3. The fourth-order valence-electron chi connectivity index (χ4n) is 7.39. The summed E-state index contributed by atoms with van der Waals surface area (Å²) in [6.45, 7) is 7.77. The summed E-state index contributed by atoms with van der Waals surface area (Å²) in [4.78, 5) is 25.2. The molecule has 1 atom stereocenters. The fraction of sp³-hybridized carbons (Fsp3) is 0.818. The molecule has 0 radical (unpaired) electrons. The molecular weight excluding hydrogens is 741 g/mol. The number of hydrogen-bond acceptors (Lipinski definition) is 5. The van der Waals surface area contributed by atoms with Crippen molar-refractivity contribution in [1.82, 2.24) is 0 Å². The molecule has 0 saturated heterocycles. The van der Waals surface area contributed by atoms with Crippen LogP contribution < -0.4 is 0 Å². The Balaban J connectivity index is 4.12. The molecule has 60 heavy (non-hydrogen) atoms. The van der Waals surface area contributed by atoms with Crippen LogP contribution in [0.1, 0.15) is 265 Å². The van der Waals surface area contributed by atoms with Crippen molar-refractivity contribution in [2.24, 2.45) is 0 Å². The topological polar surface area (TPSA) is 61.8 Å². The highest BCUT2D eigenvalue weighted by Crippen LogP contribution is 2.14. The number of hydrogen-bond donors (Lipinski definition) is 0. The van der Waals surface area contributed by atoms with Crippen LogP contribution in [0.4, 0.5) is 0 Å². The SMILES string of the molecule is CCCCC/C=C\C/C=C\C/C=C\CCCCCCCCC(=O)OCC(COCCCCCCCCCC/C=C\CCCCCCCC)OC(=O)CCCCCCCCC. The molecule has 0 N–H and O–H groups in total. The second-order valence-corrected chi connectivity index (χ2v) is 17.4. The second-order valence-electron chi connectivity index (χ2n) is 17.4. The maximum absolute atomic E-state index is 12.7. The van der Waals surface area contributed by atoms with Crippen LogP contribution in [0.15, 0.2) is 48.6 Å². The number of rotatable bonds is 48. The first-order valence-corrected chi connectivity index (χ1v) is 26.2. The summed E-state index contributed by atoms with van der Waals surface area (Å²) in [5, 5.41) is 0. The smallest absolute Gasteiger partial charge is 0.306 e. The van der Waals surface area contributed by atoms with E-state index in [1.807, 2.05) is 0 Å². The standard InChI is InChI=1S/C55H100O5/c1-4-7-10-13-16-18-20-22-24-26-28-29-31-33-35-37-40-42-45-48-54(56)59-52-53(60-55(57)49-46-43-39-15-12-9-6-3)51-58-50-47-44-41-38-36-34-32-30-27-25-23-21-19-17-14-11-8-5-2/h16,18,22-25,28-29,53H,4-15,17,19-21,26-27,30-52H2,1-3H3/b18-16-,24-22-,25-23-,29-28-. The van der Waals surface area contributed by atoms with E-state index in [4.69, 9.17) is 14.2 Å². The van der Waals surface area contributed by atoms with E-state index in [0.29, 0.717) is 19.4 Å². The lowest BCUT2D eigenvalue weighted by Crippen LogP contribution is -2.30. The summed E-state index contributed by atoms with van der Waals surface area (Å²) in [6, 6.07) is 0. The van der Waals surface area contributed by atoms with Crippen LogP contribution in [0.3, 0.4) is 0 Å². The minimum atomic E-state index is -0.538. The molecule has 0 bridgehead atoms. The number of esters is 2. The third-order valence-electron chi connectivity index (χ3n) is 11.3. The molecule has 5 heteroatoms. The lowest BCUT2D eigenvalue weighted by molar-refractivity contribution is -0.163. The Morgan fingerprint density at radius 2 is 0.700 bits per heavy atom. The van der Waals surface area contributed by atoms with Crippen LogP contribution >= 0.6 is 0 Å². The van der Waals surface area contributed by atoms with Crippen molar-refractivity contribution in [3.8, 4) is 0 Å². The Morgan fingerprint density at radius 1 is 0.367 bits per heavy atom. The van der Waals surface area contributed by atoms with E-state index in [0.717, 1.165) is 64.2 Å². The van der Waals surface area contributed by atoms with Crippen molar-refractivity contribution < 1.29 is 23.8 Å². The zero-order chi connectivity index (χ0) is 43.5. The van der Waals surface area contributed by atoms with Gasteiger partial charge in [-0.05, 0) is 83.5 Å². The molecule has 1 unspecified atom stereocenters. The van der Waals surface area contributed by atoms with Gasteiger partial charge in [0.2, 0.25) is 0 Å². The van der Waals surface area contributed by atoms with Gasteiger partial charge in [-0.1, -0.05) is 217 Å². The molecule has 0 fully saturated rings. The highest BCUT2D eigenvalue weighted by Gasteiger charge is 2.17. The Kier molecular flexibility index (Phi) is 49.4. The number of unbranched alkanes of at least 4 members (excludes halogenated alkanes) is 29. The normalized spacial score (nSPS) is 12.5. The first kappa shape index (κ1) is 57.9. The predicted molar refractivity (Wildman–Crippen MR) is 261 cm³/mol. The molecule has 0 amide bonds. The number of carbonyl (C=O) groups is 2. The van der Waals surface area contributed by atoms with E-state index in [1.165, 1.54) is 167 Å². The Bertz CT molecular complexity index is 997. The molecular formula is C55H100O5. The average Bonchev–Trinajstić information content (AvgIpc) is 3.25. The van der Waals surface area contributed by atoms with Gasteiger partial charge in [-0.3, -0.25) is 9.59 Å².